The van der Waals surface area contributed by atoms with Crippen molar-refractivity contribution in [1.82, 2.24) is 10.2 Å². The fourth-order valence-corrected chi connectivity index (χ4v) is 3.98. The van der Waals surface area contributed by atoms with E-state index in [9.17, 15) is 9.59 Å². The van der Waals surface area contributed by atoms with E-state index in [1.54, 1.807) is 51.5 Å². The van der Waals surface area contributed by atoms with Crippen molar-refractivity contribution in [3.8, 4) is 17.2 Å². The maximum Gasteiger partial charge on any atom is 0.261 e. The summed E-state index contributed by atoms with van der Waals surface area (Å²) in [5.41, 5.74) is 0.872. The summed E-state index contributed by atoms with van der Waals surface area (Å²) < 4.78 is 16.3. The van der Waals surface area contributed by atoms with Crippen LogP contribution < -0.4 is 19.5 Å². The van der Waals surface area contributed by atoms with Crippen LogP contribution >= 0.6 is 11.6 Å². The molecule has 1 fully saturated rings. The summed E-state index contributed by atoms with van der Waals surface area (Å²) in [6, 6.07) is 11.8. The van der Waals surface area contributed by atoms with Crippen LogP contribution in [0.3, 0.4) is 0 Å². The van der Waals surface area contributed by atoms with E-state index in [-0.39, 0.29) is 31.0 Å². The second-order valence-corrected chi connectivity index (χ2v) is 8.59. The van der Waals surface area contributed by atoms with Gasteiger partial charge in [0.1, 0.15) is 23.3 Å². The second kappa shape index (κ2) is 11.8. The van der Waals surface area contributed by atoms with Gasteiger partial charge in [0.05, 0.1) is 14.2 Å². The van der Waals surface area contributed by atoms with Gasteiger partial charge in [0.25, 0.3) is 5.91 Å². The molecule has 0 spiro atoms. The third-order valence-electron chi connectivity index (χ3n) is 5.82. The van der Waals surface area contributed by atoms with Gasteiger partial charge in [0, 0.05) is 35.8 Å². The van der Waals surface area contributed by atoms with Crippen molar-refractivity contribution >= 4 is 23.4 Å². The Labute approximate surface area is 200 Å². The molecule has 178 valence electrons. The van der Waals surface area contributed by atoms with E-state index < -0.39 is 6.04 Å². The number of carbonyl (C=O) groups excluding carboxylic acids is 2. The van der Waals surface area contributed by atoms with Crippen LogP contribution in [0, 0.1) is 0 Å². The summed E-state index contributed by atoms with van der Waals surface area (Å²) in [5, 5.41) is 3.70. The van der Waals surface area contributed by atoms with Crippen molar-refractivity contribution in [2.45, 2.75) is 51.2 Å². The highest BCUT2D eigenvalue weighted by Crippen LogP contribution is 2.27. The molecule has 2 aromatic rings. The molecule has 0 aromatic heterocycles. The molecule has 8 heteroatoms. The molecule has 1 aliphatic rings. The molecule has 1 N–H and O–H groups in total. The second-order valence-electron chi connectivity index (χ2n) is 8.15. The first-order chi connectivity index (χ1) is 15.9. The third kappa shape index (κ3) is 7.02. The minimum Gasteiger partial charge on any atom is -0.496 e. The van der Waals surface area contributed by atoms with Crippen molar-refractivity contribution < 1.29 is 23.8 Å². The Hall–Kier alpha value is -2.93. The lowest BCUT2D eigenvalue weighted by Gasteiger charge is -2.29. The first-order valence-electron chi connectivity index (χ1n) is 11.1. The van der Waals surface area contributed by atoms with Crippen LogP contribution in [0.2, 0.25) is 5.02 Å². The Morgan fingerprint density at radius 2 is 1.61 bits per heavy atom. The van der Waals surface area contributed by atoms with Gasteiger partial charge >= 0.3 is 0 Å². The normalized spacial score (nSPS) is 14.4. The first kappa shape index (κ1) is 24.7. The van der Waals surface area contributed by atoms with E-state index in [0.717, 1.165) is 31.2 Å². The minimum atomic E-state index is -0.655. The topological polar surface area (TPSA) is 77.1 Å². The Bertz CT molecular complexity index is 922. The zero-order valence-corrected chi connectivity index (χ0v) is 20.1. The molecule has 1 atom stereocenters. The van der Waals surface area contributed by atoms with E-state index in [1.807, 2.05) is 12.1 Å². The first-order valence-corrected chi connectivity index (χ1v) is 11.5. The zero-order chi connectivity index (χ0) is 23.8. The monoisotopic (exact) mass is 474 g/mol. The molecular weight excluding hydrogens is 444 g/mol. The number of carbonyl (C=O) groups is 2. The molecule has 7 nitrogen and oxygen atoms in total. The number of nitrogens with one attached hydrogen (secondary N) is 1. The summed E-state index contributed by atoms with van der Waals surface area (Å²) >= 11 is 6.00. The van der Waals surface area contributed by atoms with Crippen LogP contribution in [0.1, 0.15) is 38.2 Å². The molecule has 33 heavy (non-hydrogen) atoms. The summed E-state index contributed by atoms with van der Waals surface area (Å²) in [6.45, 7) is 1.78. The quantitative estimate of drug-likeness (QED) is 0.558. The fourth-order valence-electron chi connectivity index (χ4n) is 3.85. The van der Waals surface area contributed by atoms with Gasteiger partial charge < -0.3 is 24.4 Å². The number of ether oxygens (including phenoxy) is 3. The molecule has 0 bridgehead atoms. The van der Waals surface area contributed by atoms with E-state index in [1.165, 1.54) is 4.90 Å². The average Bonchev–Trinajstić information content (AvgIpc) is 3.34. The molecular formula is C25H31ClN2O5. The van der Waals surface area contributed by atoms with Crippen molar-refractivity contribution in [2.24, 2.45) is 0 Å². The van der Waals surface area contributed by atoms with Gasteiger partial charge in [-0.15, -0.1) is 0 Å². The third-order valence-corrected chi connectivity index (χ3v) is 6.07. The van der Waals surface area contributed by atoms with Gasteiger partial charge in [-0.25, -0.2) is 0 Å². The van der Waals surface area contributed by atoms with Crippen molar-refractivity contribution in [2.75, 3.05) is 20.8 Å². The molecule has 0 aliphatic heterocycles. The maximum absolute atomic E-state index is 13.2. The highest BCUT2D eigenvalue weighted by atomic mass is 35.5. The smallest absolute Gasteiger partial charge is 0.261 e. The van der Waals surface area contributed by atoms with E-state index in [2.05, 4.69) is 5.32 Å². The number of rotatable bonds is 10. The Kier molecular flexibility index (Phi) is 8.83. The van der Waals surface area contributed by atoms with E-state index in [0.29, 0.717) is 22.3 Å². The van der Waals surface area contributed by atoms with E-state index in [4.69, 9.17) is 25.8 Å². The molecule has 0 unspecified atom stereocenters. The van der Waals surface area contributed by atoms with Gasteiger partial charge in [-0.05, 0) is 37.5 Å². The fraction of sp³-hybridized carbons (Fsp3) is 0.440. The molecule has 1 aliphatic carbocycles. The Morgan fingerprint density at radius 1 is 1.03 bits per heavy atom. The zero-order valence-electron chi connectivity index (χ0n) is 19.3. The summed E-state index contributed by atoms with van der Waals surface area (Å²) in [7, 11) is 3.09. The molecule has 2 amide bonds. The van der Waals surface area contributed by atoms with Crippen LogP contribution in [-0.4, -0.2) is 49.6 Å². The van der Waals surface area contributed by atoms with Gasteiger partial charge in [-0.3, -0.25) is 9.59 Å². The van der Waals surface area contributed by atoms with Crippen LogP contribution in [0.15, 0.2) is 42.5 Å². The van der Waals surface area contributed by atoms with Crippen LogP contribution in [0.5, 0.6) is 17.2 Å². The number of amides is 2. The molecule has 0 heterocycles. The standard InChI is InChI=1S/C25H31ClN2O5/c1-17(25(30)27-20-6-4-5-7-20)28(15-18-8-10-19(26)11-9-18)24(29)16-33-23-13-21(31-2)12-22(14-23)32-3/h8-14,17,20H,4-7,15-16H2,1-3H3,(H,27,30)/t17-/m1/s1. The molecule has 1 saturated carbocycles. The van der Waals surface area contributed by atoms with Crippen LogP contribution in [-0.2, 0) is 16.1 Å². The molecule has 0 saturated heterocycles. The highest BCUT2D eigenvalue weighted by Gasteiger charge is 2.28. The van der Waals surface area contributed by atoms with Crippen molar-refractivity contribution in [3.05, 3.63) is 53.1 Å². The lowest BCUT2D eigenvalue weighted by Crippen LogP contribution is -2.50. The van der Waals surface area contributed by atoms with E-state index >= 15 is 0 Å². The number of halogens is 1. The number of methoxy groups -OCH3 is 2. The van der Waals surface area contributed by atoms with Gasteiger partial charge in [-0.2, -0.15) is 0 Å². The number of benzene rings is 2. The summed E-state index contributed by atoms with van der Waals surface area (Å²) in [6.07, 6.45) is 4.18. The molecule has 0 radical (unpaired) electrons. The lowest BCUT2D eigenvalue weighted by atomic mass is 10.1. The Morgan fingerprint density at radius 3 is 2.18 bits per heavy atom. The number of nitrogens with zero attached hydrogens (tertiary/aromatic N) is 1. The predicted molar refractivity (Wildman–Crippen MR) is 127 cm³/mol. The van der Waals surface area contributed by atoms with Crippen LogP contribution in [0.25, 0.3) is 0 Å². The van der Waals surface area contributed by atoms with Gasteiger partial charge in [0.2, 0.25) is 5.91 Å². The van der Waals surface area contributed by atoms with Gasteiger partial charge in [-0.1, -0.05) is 36.6 Å². The number of hydrogen-bond acceptors (Lipinski definition) is 5. The predicted octanol–water partition coefficient (Wildman–Crippen LogP) is 4.21. The number of hydrogen-bond donors (Lipinski definition) is 1. The lowest BCUT2D eigenvalue weighted by molar-refractivity contribution is -0.142. The molecule has 3 rings (SSSR count). The van der Waals surface area contributed by atoms with Crippen molar-refractivity contribution in [3.63, 3.8) is 0 Å². The molecule has 2 aromatic carbocycles. The van der Waals surface area contributed by atoms with Crippen LogP contribution in [0.4, 0.5) is 0 Å². The van der Waals surface area contributed by atoms with Gasteiger partial charge in [0.15, 0.2) is 6.61 Å². The average molecular weight is 475 g/mol. The highest BCUT2D eigenvalue weighted by molar-refractivity contribution is 6.30. The van der Waals surface area contributed by atoms with Crippen molar-refractivity contribution in [1.29, 1.82) is 0 Å². The summed E-state index contributed by atoms with van der Waals surface area (Å²) in [4.78, 5) is 27.7. The largest absolute Gasteiger partial charge is 0.496 e. The SMILES string of the molecule is COc1cc(OC)cc(OCC(=O)N(Cc2ccc(Cl)cc2)[C@H](C)C(=O)NC2CCCC2)c1. The summed E-state index contributed by atoms with van der Waals surface area (Å²) in [5.74, 6) is 1.08. The minimum absolute atomic E-state index is 0.160. The Balaban J connectivity index is 1.73. The maximum atomic E-state index is 13.2.